The molecule has 3 aromatic rings. The van der Waals surface area contributed by atoms with Crippen molar-refractivity contribution in [2.75, 3.05) is 13.1 Å². The molecule has 32 heavy (non-hydrogen) atoms. The summed E-state index contributed by atoms with van der Waals surface area (Å²) in [5.74, 6) is -1.80. The summed E-state index contributed by atoms with van der Waals surface area (Å²) in [5, 5.41) is 13.1. The fourth-order valence-electron chi connectivity index (χ4n) is 4.01. The summed E-state index contributed by atoms with van der Waals surface area (Å²) >= 11 is 0. The fraction of sp³-hybridized carbons (Fsp3) is 0.304. The molecule has 0 radical (unpaired) electrons. The number of H-pyrrole nitrogens is 1. The Morgan fingerprint density at radius 2 is 1.81 bits per heavy atom. The van der Waals surface area contributed by atoms with Crippen LogP contribution in [0.1, 0.15) is 35.2 Å². The largest absolute Gasteiger partial charge is 0.480 e. The highest BCUT2D eigenvalue weighted by Crippen LogP contribution is 2.22. The molecular weight excluding hydrogens is 430 g/mol. The van der Waals surface area contributed by atoms with Crippen molar-refractivity contribution < 1.29 is 23.1 Å². The third-order valence-electron chi connectivity index (χ3n) is 5.75. The van der Waals surface area contributed by atoms with E-state index in [1.54, 1.807) is 6.20 Å². The van der Waals surface area contributed by atoms with E-state index < -0.39 is 27.9 Å². The first-order chi connectivity index (χ1) is 15.4. The van der Waals surface area contributed by atoms with Gasteiger partial charge in [-0.2, -0.15) is 4.31 Å². The summed E-state index contributed by atoms with van der Waals surface area (Å²) in [7, 11) is -3.70. The second kappa shape index (κ2) is 9.13. The van der Waals surface area contributed by atoms with Gasteiger partial charge in [0.25, 0.3) is 5.91 Å². The third kappa shape index (κ3) is 4.53. The lowest BCUT2D eigenvalue weighted by molar-refractivity contribution is -0.139. The molecule has 8 nitrogen and oxygen atoms in total. The van der Waals surface area contributed by atoms with Gasteiger partial charge in [0, 0.05) is 42.2 Å². The number of carboxylic acid groups (broad SMARTS) is 1. The number of piperidine rings is 1. The first-order valence-electron chi connectivity index (χ1n) is 10.5. The lowest BCUT2D eigenvalue weighted by atomic mass is 10.0. The molecule has 1 amide bonds. The van der Waals surface area contributed by atoms with Crippen molar-refractivity contribution in [1.29, 1.82) is 0 Å². The van der Waals surface area contributed by atoms with Crippen molar-refractivity contribution >= 4 is 32.8 Å². The zero-order valence-electron chi connectivity index (χ0n) is 17.5. The molecule has 1 aliphatic heterocycles. The molecule has 168 valence electrons. The Kier molecular flexibility index (Phi) is 6.29. The summed E-state index contributed by atoms with van der Waals surface area (Å²) in [4.78, 5) is 27.8. The van der Waals surface area contributed by atoms with Crippen LogP contribution in [0.2, 0.25) is 0 Å². The molecule has 1 fully saturated rings. The molecule has 0 unspecified atom stereocenters. The Morgan fingerprint density at radius 1 is 1.06 bits per heavy atom. The highest BCUT2D eigenvalue weighted by molar-refractivity contribution is 7.89. The van der Waals surface area contributed by atoms with Crippen LogP contribution in [0.15, 0.2) is 59.6 Å². The topological polar surface area (TPSA) is 120 Å². The van der Waals surface area contributed by atoms with Crippen LogP contribution >= 0.6 is 0 Å². The van der Waals surface area contributed by atoms with E-state index in [0.717, 1.165) is 35.7 Å². The van der Waals surface area contributed by atoms with E-state index in [1.807, 2.05) is 24.3 Å². The van der Waals surface area contributed by atoms with Gasteiger partial charge in [0.15, 0.2) is 0 Å². The Hall–Kier alpha value is -3.17. The van der Waals surface area contributed by atoms with Crippen LogP contribution in [-0.4, -0.2) is 53.8 Å². The summed E-state index contributed by atoms with van der Waals surface area (Å²) in [5.41, 5.74) is 1.76. The second-order valence-electron chi connectivity index (χ2n) is 7.92. The summed E-state index contributed by atoms with van der Waals surface area (Å²) in [6, 6.07) is 12.1. The van der Waals surface area contributed by atoms with Gasteiger partial charge < -0.3 is 15.4 Å². The van der Waals surface area contributed by atoms with Crippen LogP contribution in [0.25, 0.3) is 10.9 Å². The molecule has 1 atom stereocenters. The zero-order valence-corrected chi connectivity index (χ0v) is 18.3. The van der Waals surface area contributed by atoms with Gasteiger partial charge >= 0.3 is 5.97 Å². The fourth-order valence-corrected chi connectivity index (χ4v) is 5.58. The van der Waals surface area contributed by atoms with Gasteiger partial charge in [-0.3, -0.25) is 4.79 Å². The first kappa shape index (κ1) is 22.0. The Bertz CT molecular complexity index is 1250. The van der Waals surface area contributed by atoms with Crippen molar-refractivity contribution in [3.05, 3.63) is 65.9 Å². The molecule has 1 aromatic heterocycles. The van der Waals surface area contributed by atoms with Gasteiger partial charge in [-0.15, -0.1) is 0 Å². The number of nitrogens with zero attached hydrogens (tertiary/aromatic N) is 1. The summed E-state index contributed by atoms with van der Waals surface area (Å²) in [6.45, 7) is 0.926. The van der Waals surface area contributed by atoms with Crippen molar-refractivity contribution in [2.24, 2.45) is 0 Å². The number of carbonyl (C=O) groups is 2. The predicted octanol–water partition coefficient (Wildman–Crippen LogP) is 2.77. The average molecular weight is 456 g/mol. The lowest BCUT2D eigenvalue weighted by Crippen LogP contribution is -2.42. The Morgan fingerprint density at radius 3 is 2.56 bits per heavy atom. The first-order valence-corrected chi connectivity index (χ1v) is 12.0. The number of amides is 1. The van der Waals surface area contributed by atoms with E-state index >= 15 is 0 Å². The quantitative estimate of drug-likeness (QED) is 0.506. The number of hydrogen-bond donors (Lipinski definition) is 3. The summed E-state index contributed by atoms with van der Waals surface area (Å²) < 4.78 is 27.3. The van der Waals surface area contributed by atoms with Crippen LogP contribution in [0.3, 0.4) is 0 Å². The molecule has 1 saturated heterocycles. The Balaban J connectivity index is 1.53. The van der Waals surface area contributed by atoms with Gasteiger partial charge in [-0.1, -0.05) is 30.7 Å². The minimum atomic E-state index is -3.70. The SMILES string of the molecule is O=C(N[C@@H](Cc1c[nH]c2ccccc12)C(=O)O)c1cccc(S(=O)(=O)N2CCCCC2)c1. The minimum Gasteiger partial charge on any atom is -0.480 e. The molecular formula is C23H25N3O5S. The number of aromatic amines is 1. The maximum absolute atomic E-state index is 12.9. The van der Waals surface area contributed by atoms with E-state index in [9.17, 15) is 23.1 Å². The second-order valence-corrected chi connectivity index (χ2v) is 9.86. The number of sulfonamides is 1. The van der Waals surface area contributed by atoms with Gasteiger partial charge in [-0.05, 0) is 42.7 Å². The molecule has 2 heterocycles. The van der Waals surface area contributed by atoms with Crippen LogP contribution in [0, 0.1) is 0 Å². The van der Waals surface area contributed by atoms with E-state index in [1.165, 1.54) is 28.6 Å². The van der Waals surface area contributed by atoms with Gasteiger partial charge in [-0.25, -0.2) is 13.2 Å². The highest BCUT2D eigenvalue weighted by Gasteiger charge is 2.27. The number of para-hydroxylation sites is 1. The van der Waals surface area contributed by atoms with E-state index in [0.29, 0.717) is 13.1 Å². The van der Waals surface area contributed by atoms with Crippen molar-refractivity contribution in [3.8, 4) is 0 Å². The molecule has 9 heteroatoms. The number of nitrogens with one attached hydrogen (secondary N) is 2. The van der Waals surface area contributed by atoms with Gasteiger partial charge in [0.1, 0.15) is 6.04 Å². The molecule has 0 saturated carbocycles. The number of benzene rings is 2. The number of hydrogen-bond acceptors (Lipinski definition) is 4. The van der Waals surface area contributed by atoms with E-state index in [-0.39, 0.29) is 16.9 Å². The maximum atomic E-state index is 12.9. The highest BCUT2D eigenvalue weighted by atomic mass is 32.2. The molecule has 0 spiro atoms. The average Bonchev–Trinajstić information content (AvgIpc) is 3.22. The van der Waals surface area contributed by atoms with Crippen LogP contribution in [0.5, 0.6) is 0 Å². The van der Waals surface area contributed by atoms with Crippen LogP contribution < -0.4 is 5.32 Å². The molecule has 4 rings (SSSR count). The molecule has 2 aromatic carbocycles. The molecule has 0 bridgehead atoms. The number of aromatic nitrogens is 1. The predicted molar refractivity (Wildman–Crippen MR) is 120 cm³/mol. The standard InChI is InChI=1S/C23H25N3O5S/c27-22(16-7-6-8-18(13-16)32(30,31)26-11-4-1-5-12-26)25-21(23(28)29)14-17-15-24-20-10-3-2-9-19(17)20/h2-3,6-10,13,15,21,24H,1,4-5,11-12,14H2,(H,25,27)(H,28,29)/t21-/m0/s1. The third-order valence-corrected chi connectivity index (χ3v) is 7.65. The lowest BCUT2D eigenvalue weighted by Gasteiger charge is -2.26. The number of carbonyl (C=O) groups excluding carboxylic acids is 1. The monoisotopic (exact) mass is 455 g/mol. The number of aliphatic carboxylic acids is 1. The smallest absolute Gasteiger partial charge is 0.326 e. The van der Waals surface area contributed by atoms with Crippen molar-refractivity contribution in [3.63, 3.8) is 0 Å². The van der Waals surface area contributed by atoms with Crippen LogP contribution in [-0.2, 0) is 21.2 Å². The van der Waals surface area contributed by atoms with Gasteiger partial charge in [0.2, 0.25) is 10.0 Å². The van der Waals surface area contributed by atoms with E-state index in [2.05, 4.69) is 10.3 Å². The van der Waals surface area contributed by atoms with Crippen molar-refractivity contribution in [1.82, 2.24) is 14.6 Å². The number of rotatable bonds is 7. The Labute approximate surface area is 186 Å². The summed E-state index contributed by atoms with van der Waals surface area (Å²) in [6.07, 6.45) is 4.46. The number of carboxylic acids is 1. The van der Waals surface area contributed by atoms with E-state index in [4.69, 9.17) is 0 Å². The molecule has 3 N–H and O–H groups in total. The number of fused-ring (bicyclic) bond motifs is 1. The minimum absolute atomic E-state index is 0.0375. The van der Waals surface area contributed by atoms with Crippen LogP contribution in [0.4, 0.5) is 0 Å². The molecule has 0 aliphatic carbocycles. The molecule has 1 aliphatic rings. The zero-order chi connectivity index (χ0) is 22.7. The van der Waals surface area contributed by atoms with Gasteiger partial charge in [0.05, 0.1) is 4.90 Å². The maximum Gasteiger partial charge on any atom is 0.326 e. The van der Waals surface area contributed by atoms with Crippen molar-refractivity contribution in [2.45, 2.75) is 36.6 Å². The normalized spacial score (nSPS) is 16.0.